The Morgan fingerprint density at radius 1 is 1.22 bits per heavy atom. The van der Waals surface area contributed by atoms with Crippen molar-refractivity contribution in [3.63, 3.8) is 0 Å². The first-order chi connectivity index (χ1) is 8.81. The molecule has 1 aliphatic carbocycles. The van der Waals surface area contributed by atoms with Crippen LogP contribution in [0.2, 0.25) is 0 Å². The van der Waals surface area contributed by atoms with Crippen molar-refractivity contribution in [1.82, 2.24) is 0 Å². The van der Waals surface area contributed by atoms with Crippen LogP contribution in [0, 0.1) is 5.92 Å². The number of nitrogens with two attached hydrogens (primary N) is 1. The van der Waals surface area contributed by atoms with Crippen LogP contribution < -0.4 is 5.73 Å². The van der Waals surface area contributed by atoms with E-state index in [0.717, 1.165) is 12.3 Å². The van der Waals surface area contributed by atoms with Gasteiger partial charge in [0.2, 0.25) is 0 Å². The largest absolute Gasteiger partial charge is 0.387 e. The summed E-state index contributed by atoms with van der Waals surface area (Å²) in [5.41, 5.74) is 7.49. The van der Waals surface area contributed by atoms with Crippen molar-refractivity contribution in [2.75, 3.05) is 0 Å². The zero-order chi connectivity index (χ0) is 12.8. The molecule has 1 fully saturated rings. The molecule has 2 N–H and O–H groups in total. The number of amidine groups is 1. The molecule has 2 heteroatoms. The van der Waals surface area contributed by atoms with Crippen LogP contribution in [0.4, 0.5) is 0 Å². The zero-order valence-corrected chi connectivity index (χ0v) is 11.3. The third-order valence-corrected chi connectivity index (χ3v) is 3.90. The van der Waals surface area contributed by atoms with E-state index in [9.17, 15) is 0 Å². The van der Waals surface area contributed by atoms with Gasteiger partial charge in [0.15, 0.2) is 0 Å². The van der Waals surface area contributed by atoms with Gasteiger partial charge in [-0.25, -0.2) is 0 Å². The first kappa shape index (κ1) is 13.1. The van der Waals surface area contributed by atoms with Gasteiger partial charge in [0.1, 0.15) is 0 Å². The summed E-state index contributed by atoms with van der Waals surface area (Å²) in [7, 11) is 0. The fourth-order valence-electron chi connectivity index (χ4n) is 2.76. The first-order valence-corrected chi connectivity index (χ1v) is 7.19. The van der Waals surface area contributed by atoms with Crippen LogP contribution in [0.15, 0.2) is 35.3 Å². The molecule has 18 heavy (non-hydrogen) atoms. The van der Waals surface area contributed by atoms with Gasteiger partial charge in [-0.1, -0.05) is 56.5 Å². The molecule has 0 heterocycles. The first-order valence-electron chi connectivity index (χ1n) is 7.19. The fraction of sp³-hybridized carbons (Fsp3) is 0.562. The summed E-state index contributed by atoms with van der Waals surface area (Å²) in [5.74, 6) is 1.40. The molecule has 2 nitrogen and oxygen atoms in total. The minimum Gasteiger partial charge on any atom is -0.387 e. The maximum absolute atomic E-state index is 6.21. The monoisotopic (exact) mass is 244 g/mol. The highest BCUT2D eigenvalue weighted by Gasteiger charge is 2.18. The second-order valence-corrected chi connectivity index (χ2v) is 5.22. The average Bonchev–Trinajstić information content (AvgIpc) is 2.46. The zero-order valence-electron chi connectivity index (χ0n) is 11.3. The quantitative estimate of drug-likeness (QED) is 0.629. The van der Waals surface area contributed by atoms with E-state index in [-0.39, 0.29) is 6.04 Å². The van der Waals surface area contributed by atoms with Crippen molar-refractivity contribution >= 4 is 5.84 Å². The molecule has 0 spiro atoms. The summed E-state index contributed by atoms with van der Waals surface area (Å²) in [6.45, 7) is 2.18. The molecular formula is C16H24N2. The Bertz CT molecular complexity index is 377. The van der Waals surface area contributed by atoms with Gasteiger partial charge < -0.3 is 5.73 Å². The van der Waals surface area contributed by atoms with Crippen LogP contribution >= 0.6 is 0 Å². The van der Waals surface area contributed by atoms with E-state index in [1.165, 1.54) is 37.7 Å². The van der Waals surface area contributed by atoms with Crippen molar-refractivity contribution < 1.29 is 0 Å². The molecule has 0 aliphatic heterocycles. The summed E-state index contributed by atoms with van der Waals surface area (Å²) < 4.78 is 0. The van der Waals surface area contributed by atoms with Crippen molar-refractivity contribution in [2.45, 2.75) is 51.5 Å². The van der Waals surface area contributed by atoms with Gasteiger partial charge in [0.25, 0.3) is 0 Å². The van der Waals surface area contributed by atoms with Gasteiger partial charge in [-0.3, -0.25) is 4.99 Å². The number of rotatable bonds is 4. The lowest BCUT2D eigenvalue weighted by molar-refractivity contribution is 0.435. The van der Waals surface area contributed by atoms with Crippen LogP contribution in [0.3, 0.4) is 0 Å². The maximum atomic E-state index is 6.21. The second-order valence-electron chi connectivity index (χ2n) is 5.22. The van der Waals surface area contributed by atoms with E-state index in [4.69, 9.17) is 10.7 Å². The maximum Gasteiger partial charge on any atom is 0.0976 e. The summed E-state index contributed by atoms with van der Waals surface area (Å²) in [4.78, 5) is 4.78. The minimum absolute atomic E-state index is 0.230. The second kappa shape index (κ2) is 6.58. The Kier molecular flexibility index (Phi) is 4.80. The summed E-state index contributed by atoms with van der Waals surface area (Å²) in [6.07, 6.45) is 7.43. The molecule has 1 unspecified atom stereocenters. The Morgan fingerprint density at radius 3 is 2.50 bits per heavy atom. The van der Waals surface area contributed by atoms with E-state index in [2.05, 4.69) is 31.2 Å². The Balaban J connectivity index is 2.08. The fourth-order valence-corrected chi connectivity index (χ4v) is 2.76. The minimum atomic E-state index is 0.230. The van der Waals surface area contributed by atoms with Crippen molar-refractivity contribution in [2.24, 2.45) is 16.6 Å². The third-order valence-electron chi connectivity index (χ3n) is 3.90. The van der Waals surface area contributed by atoms with E-state index in [0.29, 0.717) is 5.92 Å². The van der Waals surface area contributed by atoms with Gasteiger partial charge in [0.05, 0.1) is 11.9 Å². The van der Waals surface area contributed by atoms with E-state index in [1.54, 1.807) is 0 Å². The van der Waals surface area contributed by atoms with Gasteiger partial charge in [-0.15, -0.1) is 0 Å². The van der Waals surface area contributed by atoms with Gasteiger partial charge in [-0.2, -0.15) is 0 Å². The number of benzene rings is 1. The summed E-state index contributed by atoms with van der Waals surface area (Å²) >= 11 is 0. The normalized spacial score (nSPS) is 19.7. The lowest BCUT2D eigenvalue weighted by Gasteiger charge is -2.22. The number of hydrogen-bond donors (Lipinski definition) is 1. The van der Waals surface area contributed by atoms with Crippen molar-refractivity contribution in [3.05, 3.63) is 35.9 Å². The molecule has 0 aromatic heterocycles. The standard InChI is InChI=1S/C16H24N2/c1-2-15(13-9-5-3-6-10-13)18-16(17)14-11-7-4-8-12-14/h3,5-6,9-10,14-15H,2,4,7-8,11-12H2,1H3,(H2,17,18). The molecule has 0 bridgehead atoms. The predicted molar refractivity (Wildman–Crippen MR) is 77.7 cm³/mol. The Hall–Kier alpha value is -1.31. The molecule has 2 rings (SSSR count). The van der Waals surface area contributed by atoms with Gasteiger partial charge in [0, 0.05) is 5.92 Å². The van der Waals surface area contributed by atoms with Crippen LogP contribution in [-0.2, 0) is 0 Å². The molecule has 1 aromatic rings. The van der Waals surface area contributed by atoms with Crippen molar-refractivity contribution in [3.8, 4) is 0 Å². The molecule has 1 aliphatic rings. The SMILES string of the molecule is CCC(N=C(N)C1CCCCC1)c1ccccc1. The molecule has 0 saturated heterocycles. The predicted octanol–water partition coefficient (Wildman–Crippen LogP) is 4.08. The average molecular weight is 244 g/mol. The summed E-state index contributed by atoms with van der Waals surface area (Å²) in [6, 6.07) is 10.7. The van der Waals surface area contributed by atoms with Gasteiger partial charge >= 0.3 is 0 Å². The third kappa shape index (κ3) is 3.34. The Labute approximate surface area is 110 Å². The highest BCUT2D eigenvalue weighted by Crippen LogP contribution is 2.26. The topological polar surface area (TPSA) is 38.4 Å². The van der Waals surface area contributed by atoms with Crippen LogP contribution in [0.25, 0.3) is 0 Å². The van der Waals surface area contributed by atoms with Crippen LogP contribution in [-0.4, -0.2) is 5.84 Å². The van der Waals surface area contributed by atoms with E-state index < -0.39 is 0 Å². The smallest absolute Gasteiger partial charge is 0.0976 e. The molecule has 0 radical (unpaired) electrons. The van der Waals surface area contributed by atoms with Crippen LogP contribution in [0.1, 0.15) is 57.1 Å². The summed E-state index contributed by atoms with van der Waals surface area (Å²) in [5, 5.41) is 0. The van der Waals surface area contributed by atoms with E-state index in [1.807, 2.05) is 6.07 Å². The molecular weight excluding hydrogens is 220 g/mol. The highest BCUT2D eigenvalue weighted by molar-refractivity contribution is 5.83. The molecule has 1 aromatic carbocycles. The van der Waals surface area contributed by atoms with Crippen molar-refractivity contribution in [1.29, 1.82) is 0 Å². The molecule has 1 saturated carbocycles. The molecule has 0 amide bonds. The highest BCUT2D eigenvalue weighted by atomic mass is 14.9. The molecule has 98 valence electrons. The number of hydrogen-bond acceptors (Lipinski definition) is 1. The Morgan fingerprint density at radius 2 is 1.89 bits per heavy atom. The number of nitrogens with zero attached hydrogens (tertiary/aromatic N) is 1. The lowest BCUT2D eigenvalue weighted by Crippen LogP contribution is -2.26. The van der Waals surface area contributed by atoms with Gasteiger partial charge in [-0.05, 0) is 24.8 Å². The molecule has 1 atom stereocenters. The van der Waals surface area contributed by atoms with Crippen LogP contribution in [0.5, 0.6) is 0 Å². The van der Waals surface area contributed by atoms with E-state index >= 15 is 0 Å². The lowest BCUT2D eigenvalue weighted by atomic mass is 9.88. The number of aliphatic imine (C=N–C) groups is 1.